The van der Waals surface area contributed by atoms with Crippen molar-refractivity contribution in [1.82, 2.24) is 20.1 Å². The maximum absolute atomic E-state index is 12.6. The number of aromatic nitrogens is 1. The van der Waals surface area contributed by atoms with Crippen molar-refractivity contribution in [1.29, 1.82) is 0 Å². The third kappa shape index (κ3) is 7.23. The van der Waals surface area contributed by atoms with Crippen LogP contribution in [-0.2, 0) is 4.74 Å². The Bertz CT molecular complexity index is 677. The molecule has 28 heavy (non-hydrogen) atoms. The van der Waals surface area contributed by atoms with Crippen LogP contribution in [0, 0.1) is 0 Å². The van der Waals surface area contributed by atoms with Crippen LogP contribution in [0.15, 0.2) is 23.4 Å². The van der Waals surface area contributed by atoms with E-state index in [1.165, 1.54) is 12.3 Å². The third-order valence-corrected chi connectivity index (χ3v) is 4.68. The van der Waals surface area contributed by atoms with E-state index >= 15 is 0 Å². The Labute approximate surface area is 167 Å². The van der Waals surface area contributed by atoms with Crippen molar-refractivity contribution >= 4 is 23.8 Å². The Hall–Kier alpha value is -1.94. The van der Waals surface area contributed by atoms with Crippen molar-refractivity contribution in [2.75, 3.05) is 39.3 Å². The second-order valence-corrected chi connectivity index (χ2v) is 8.28. The predicted molar refractivity (Wildman–Crippen MR) is 103 cm³/mol. The van der Waals surface area contributed by atoms with Crippen LogP contribution in [0.3, 0.4) is 0 Å². The summed E-state index contributed by atoms with van der Waals surface area (Å²) in [4.78, 5) is 32.0. The second kappa shape index (κ2) is 10.0. The first kappa shape index (κ1) is 22.4. The zero-order valence-electron chi connectivity index (χ0n) is 16.3. The third-order valence-electron chi connectivity index (χ3n) is 3.95. The fraction of sp³-hybridized carbons (Fsp3) is 0.611. The molecule has 7 nitrogen and oxygen atoms in total. The lowest BCUT2D eigenvalue weighted by Gasteiger charge is -2.35. The molecular formula is C18H26F2N4O3S. The number of rotatable bonds is 6. The van der Waals surface area contributed by atoms with Crippen LogP contribution in [0.5, 0.6) is 0 Å². The first-order chi connectivity index (χ1) is 13.2. The molecule has 0 atom stereocenters. The van der Waals surface area contributed by atoms with E-state index in [9.17, 15) is 18.4 Å². The minimum atomic E-state index is -2.64. The molecule has 1 fully saturated rings. The number of thioether (sulfide) groups is 1. The summed E-state index contributed by atoms with van der Waals surface area (Å²) < 4.78 is 30.5. The molecule has 0 saturated carbocycles. The monoisotopic (exact) mass is 416 g/mol. The topological polar surface area (TPSA) is 74.8 Å². The minimum Gasteiger partial charge on any atom is -0.444 e. The number of piperazine rings is 1. The van der Waals surface area contributed by atoms with Crippen LogP contribution in [0.2, 0.25) is 0 Å². The van der Waals surface area contributed by atoms with E-state index in [-0.39, 0.29) is 28.4 Å². The smallest absolute Gasteiger partial charge is 0.410 e. The van der Waals surface area contributed by atoms with Gasteiger partial charge in [0.25, 0.3) is 11.7 Å². The molecule has 0 bridgehead atoms. The van der Waals surface area contributed by atoms with E-state index in [4.69, 9.17) is 4.74 Å². The molecule has 1 aliphatic rings. The normalized spacial score (nSPS) is 15.6. The van der Waals surface area contributed by atoms with Crippen LogP contribution in [-0.4, -0.2) is 77.4 Å². The number of hydrogen-bond donors (Lipinski definition) is 1. The fourth-order valence-corrected chi connectivity index (χ4v) is 3.22. The van der Waals surface area contributed by atoms with Gasteiger partial charge in [-0.25, -0.2) is 9.78 Å². The largest absolute Gasteiger partial charge is 0.444 e. The van der Waals surface area contributed by atoms with Gasteiger partial charge in [0.1, 0.15) is 10.6 Å². The molecule has 0 radical (unpaired) electrons. The van der Waals surface area contributed by atoms with E-state index in [1.54, 1.807) is 11.0 Å². The highest BCUT2D eigenvalue weighted by Gasteiger charge is 2.25. The SMILES string of the molecule is CC(C)(C)OC(=O)N1CCN(CCNC(=O)c2cccnc2SC(F)F)CC1. The molecule has 0 aromatic carbocycles. The van der Waals surface area contributed by atoms with Gasteiger partial charge in [-0.1, -0.05) is 0 Å². The summed E-state index contributed by atoms with van der Waals surface area (Å²) in [6.07, 6.45) is 1.06. The molecule has 2 amide bonds. The number of pyridine rings is 1. The minimum absolute atomic E-state index is 0.0148. The number of amides is 2. The zero-order chi connectivity index (χ0) is 20.7. The van der Waals surface area contributed by atoms with Gasteiger partial charge >= 0.3 is 6.09 Å². The first-order valence-electron chi connectivity index (χ1n) is 9.04. The molecule has 0 aliphatic carbocycles. The van der Waals surface area contributed by atoms with E-state index in [1.807, 2.05) is 20.8 Å². The number of nitrogens with one attached hydrogen (secondary N) is 1. The molecule has 0 spiro atoms. The summed E-state index contributed by atoms with van der Waals surface area (Å²) in [6.45, 7) is 8.93. The Kier molecular flexibility index (Phi) is 7.99. The molecule has 2 heterocycles. The molecular weight excluding hydrogens is 390 g/mol. The Morgan fingerprint density at radius 2 is 1.96 bits per heavy atom. The van der Waals surface area contributed by atoms with Gasteiger partial charge in [-0.2, -0.15) is 8.78 Å². The maximum Gasteiger partial charge on any atom is 0.410 e. The second-order valence-electron chi connectivity index (χ2n) is 7.30. The van der Waals surface area contributed by atoms with Crippen molar-refractivity contribution in [3.63, 3.8) is 0 Å². The number of nitrogens with zero attached hydrogens (tertiary/aromatic N) is 3. The molecule has 1 saturated heterocycles. The predicted octanol–water partition coefficient (Wildman–Crippen LogP) is 2.68. The highest BCUT2D eigenvalue weighted by Crippen LogP contribution is 2.26. The highest BCUT2D eigenvalue weighted by atomic mass is 32.2. The van der Waals surface area contributed by atoms with Gasteiger partial charge in [-0.15, -0.1) is 0 Å². The van der Waals surface area contributed by atoms with Crippen molar-refractivity contribution in [2.45, 2.75) is 37.2 Å². The summed E-state index contributed by atoms with van der Waals surface area (Å²) >= 11 is 0.257. The number of carbonyl (C=O) groups excluding carboxylic acids is 2. The van der Waals surface area contributed by atoms with E-state index in [0.29, 0.717) is 39.3 Å². The summed E-state index contributed by atoms with van der Waals surface area (Å²) in [6, 6.07) is 3.02. The molecule has 156 valence electrons. The average Bonchev–Trinajstić information content (AvgIpc) is 2.60. The van der Waals surface area contributed by atoms with Crippen molar-refractivity contribution < 1.29 is 23.1 Å². The van der Waals surface area contributed by atoms with Gasteiger partial charge in [0, 0.05) is 45.5 Å². The molecule has 1 N–H and O–H groups in total. The lowest BCUT2D eigenvalue weighted by molar-refractivity contribution is 0.0147. The van der Waals surface area contributed by atoms with E-state index in [0.717, 1.165) is 0 Å². The van der Waals surface area contributed by atoms with Crippen LogP contribution in [0.4, 0.5) is 13.6 Å². The van der Waals surface area contributed by atoms with Gasteiger partial charge < -0.3 is 15.0 Å². The van der Waals surface area contributed by atoms with Crippen LogP contribution in [0.25, 0.3) is 0 Å². The lowest BCUT2D eigenvalue weighted by Crippen LogP contribution is -2.51. The summed E-state index contributed by atoms with van der Waals surface area (Å²) in [5.41, 5.74) is -0.380. The number of ether oxygens (including phenoxy) is 1. The highest BCUT2D eigenvalue weighted by molar-refractivity contribution is 7.99. The number of alkyl halides is 2. The van der Waals surface area contributed by atoms with Gasteiger partial charge in [0.15, 0.2) is 0 Å². The molecule has 1 aliphatic heterocycles. The van der Waals surface area contributed by atoms with Gasteiger partial charge in [-0.3, -0.25) is 9.69 Å². The molecule has 1 aromatic heterocycles. The number of carbonyl (C=O) groups is 2. The van der Waals surface area contributed by atoms with E-state index in [2.05, 4.69) is 15.2 Å². The Morgan fingerprint density at radius 1 is 1.29 bits per heavy atom. The fourth-order valence-electron chi connectivity index (χ4n) is 2.65. The summed E-state index contributed by atoms with van der Waals surface area (Å²) in [7, 11) is 0. The Balaban J connectivity index is 1.75. The van der Waals surface area contributed by atoms with E-state index < -0.39 is 17.3 Å². The van der Waals surface area contributed by atoms with Gasteiger partial charge in [0.2, 0.25) is 0 Å². The zero-order valence-corrected chi connectivity index (χ0v) is 17.1. The maximum atomic E-state index is 12.6. The molecule has 1 aromatic rings. The standard InChI is InChI=1S/C18H26F2N4O3S/c1-18(2,3)27-17(26)24-11-9-23(10-12-24)8-7-21-14(25)13-5-4-6-22-15(13)28-16(19)20/h4-6,16H,7-12H2,1-3H3,(H,21,25). The quantitative estimate of drug-likeness (QED) is 0.719. The van der Waals surface area contributed by atoms with Crippen LogP contribution >= 0.6 is 11.8 Å². The molecule has 2 rings (SSSR count). The summed E-state index contributed by atoms with van der Waals surface area (Å²) in [5, 5.41) is 2.76. The van der Waals surface area contributed by atoms with Crippen molar-refractivity contribution in [3.05, 3.63) is 23.9 Å². The number of halogens is 2. The average molecular weight is 416 g/mol. The molecule has 10 heteroatoms. The van der Waals surface area contributed by atoms with Gasteiger partial charge in [-0.05, 0) is 44.7 Å². The van der Waals surface area contributed by atoms with Gasteiger partial charge in [0.05, 0.1) is 5.56 Å². The summed E-state index contributed by atoms with van der Waals surface area (Å²) in [5.74, 6) is -3.06. The Morgan fingerprint density at radius 3 is 2.57 bits per heavy atom. The van der Waals surface area contributed by atoms with Crippen LogP contribution < -0.4 is 5.32 Å². The lowest BCUT2D eigenvalue weighted by atomic mass is 10.2. The van der Waals surface area contributed by atoms with Crippen LogP contribution in [0.1, 0.15) is 31.1 Å². The number of hydrogen-bond acceptors (Lipinski definition) is 6. The molecule has 0 unspecified atom stereocenters. The first-order valence-corrected chi connectivity index (χ1v) is 9.92. The van der Waals surface area contributed by atoms with Crippen molar-refractivity contribution in [3.8, 4) is 0 Å². The van der Waals surface area contributed by atoms with Crippen molar-refractivity contribution in [2.24, 2.45) is 0 Å².